The molecular formula is C23H20BrN3O4. The summed E-state index contributed by atoms with van der Waals surface area (Å²) in [6.07, 6.45) is 1.62. The number of anilines is 2. The third-order valence-corrected chi connectivity index (χ3v) is 5.51. The van der Waals surface area contributed by atoms with Gasteiger partial charge in [-0.05, 0) is 48.0 Å². The van der Waals surface area contributed by atoms with Crippen LogP contribution in [0.3, 0.4) is 0 Å². The lowest BCUT2D eigenvalue weighted by Gasteiger charge is -2.17. The third-order valence-electron chi connectivity index (χ3n) is 5.01. The van der Waals surface area contributed by atoms with Gasteiger partial charge in [0, 0.05) is 35.4 Å². The summed E-state index contributed by atoms with van der Waals surface area (Å²) in [6, 6.07) is 17.9. The van der Waals surface area contributed by atoms with Crippen molar-refractivity contribution in [3.63, 3.8) is 0 Å². The number of carbonyl (C=O) groups is 3. The summed E-state index contributed by atoms with van der Waals surface area (Å²) in [4.78, 5) is 38.8. The predicted octanol–water partition coefficient (Wildman–Crippen LogP) is 3.96. The Bertz CT molecular complexity index is 1110. The van der Waals surface area contributed by atoms with E-state index < -0.39 is 5.92 Å². The van der Waals surface area contributed by atoms with E-state index >= 15 is 0 Å². The molecule has 8 heteroatoms. The van der Waals surface area contributed by atoms with E-state index in [1.807, 2.05) is 30.3 Å². The number of hydrogen-bond donors (Lipinski definition) is 2. The smallest absolute Gasteiger partial charge is 0.291 e. The summed E-state index contributed by atoms with van der Waals surface area (Å²) in [7, 11) is 0. The van der Waals surface area contributed by atoms with Crippen LogP contribution in [0.5, 0.6) is 0 Å². The number of benzene rings is 2. The van der Waals surface area contributed by atoms with Crippen LogP contribution < -0.4 is 15.5 Å². The average molecular weight is 482 g/mol. The number of carbonyl (C=O) groups excluding carboxylic acids is 3. The Labute approximate surface area is 187 Å². The Balaban J connectivity index is 1.34. The first-order chi connectivity index (χ1) is 15.0. The molecule has 3 amide bonds. The Morgan fingerprint density at radius 2 is 1.94 bits per heavy atom. The molecule has 4 rings (SSSR count). The molecule has 0 bridgehead atoms. The number of amides is 3. The van der Waals surface area contributed by atoms with Gasteiger partial charge in [-0.1, -0.05) is 34.1 Å². The first-order valence-electron chi connectivity index (χ1n) is 9.77. The van der Waals surface area contributed by atoms with Gasteiger partial charge in [-0.25, -0.2) is 0 Å². The van der Waals surface area contributed by atoms with Crippen molar-refractivity contribution in [3.05, 3.63) is 82.7 Å². The fraction of sp³-hybridized carbons (Fsp3) is 0.174. The largest absolute Gasteiger partial charge is 0.459 e. The highest BCUT2D eigenvalue weighted by Gasteiger charge is 2.35. The molecule has 2 N–H and O–H groups in total. The van der Waals surface area contributed by atoms with Gasteiger partial charge in [0.1, 0.15) is 0 Å². The Kier molecular flexibility index (Phi) is 6.18. The van der Waals surface area contributed by atoms with Crippen LogP contribution in [0.2, 0.25) is 0 Å². The molecule has 2 aromatic carbocycles. The topological polar surface area (TPSA) is 91.7 Å². The zero-order valence-electron chi connectivity index (χ0n) is 16.5. The molecule has 0 radical (unpaired) electrons. The maximum absolute atomic E-state index is 12.6. The van der Waals surface area contributed by atoms with Crippen molar-refractivity contribution in [1.29, 1.82) is 0 Å². The highest BCUT2D eigenvalue weighted by atomic mass is 79.9. The molecule has 1 aliphatic heterocycles. The van der Waals surface area contributed by atoms with E-state index in [-0.39, 0.29) is 29.9 Å². The lowest BCUT2D eigenvalue weighted by Crippen LogP contribution is -2.32. The highest BCUT2D eigenvalue weighted by Crippen LogP contribution is 2.27. The second-order valence-electron chi connectivity index (χ2n) is 7.23. The number of halogens is 1. The van der Waals surface area contributed by atoms with Crippen LogP contribution in [-0.4, -0.2) is 24.3 Å². The Morgan fingerprint density at radius 1 is 1.10 bits per heavy atom. The third kappa shape index (κ3) is 5.03. The van der Waals surface area contributed by atoms with Gasteiger partial charge in [0.05, 0.1) is 12.2 Å². The second-order valence-corrected chi connectivity index (χ2v) is 8.15. The zero-order chi connectivity index (χ0) is 21.8. The molecule has 3 aromatic rings. The van der Waals surface area contributed by atoms with Gasteiger partial charge in [0.2, 0.25) is 11.8 Å². The van der Waals surface area contributed by atoms with Crippen molar-refractivity contribution >= 4 is 45.0 Å². The fourth-order valence-electron chi connectivity index (χ4n) is 3.47. The van der Waals surface area contributed by atoms with Gasteiger partial charge in [0.25, 0.3) is 5.91 Å². The van der Waals surface area contributed by atoms with Gasteiger partial charge in [0.15, 0.2) is 5.76 Å². The molecule has 1 fully saturated rings. The van der Waals surface area contributed by atoms with E-state index in [2.05, 4.69) is 26.6 Å². The first-order valence-corrected chi connectivity index (χ1v) is 10.6. The SMILES string of the molecule is O=C(Nc1cccc(CNC(=O)C2CC(=O)N(c3cccc(Br)c3)C2)c1)c1ccco1. The lowest BCUT2D eigenvalue weighted by atomic mass is 10.1. The van der Waals surface area contributed by atoms with Crippen molar-refractivity contribution in [2.45, 2.75) is 13.0 Å². The maximum atomic E-state index is 12.6. The minimum atomic E-state index is -0.409. The number of rotatable bonds is 6. The predicted molar refractivity (Wildman–Crippen MR) is 120 cm³/mol. The van der Waals surface area contributed by atoms with E-state index in [0.717, 1.165) is 15.7 Å². The van der Waals surface area contributed by atoms with Crippen molar-refractivity contribution in [2.24, 2.45) is 5.92 Å². The number of furan rings is 1. The molecule has 158 valence electrons. The number of hydrogen-bond acceptors (Lipinski definition) is 4. The Hall–Kier alpha value is -3.39. The van der Waals surface area contributed by atoms with Crippen molar-refractivity contribution in [3.8, 4) is 0 Å². The molecule has 0 saturated carbocycles. The highest BCUT2D eigenvalue weighted by molar-refractivity contribution is 9.10. The molecular weight excluding hydrogens is 462 g/mol. The van der Waals surface area contributed by atoms with Crippen molar-refractivity contribution in [1.82, 2.24) is 5.32 Å². The van der Waals surface area contributed by atoms with E-state index in [1.54, 1.807) is 35.2 Å². The quantitative estimate of drug-likeness (QED) is 0.557. The standard InChI is InChI=1S/C23H20BrN3O4/c24-17-5-2-7-19(12-17)27-14-16(11-21(27)28)22(29)25-13-15-4-1-6-18(10-15)26-23(30)20-8-3-9-31-20/h1-10,12,16H,11,13-14H2,(H,25,29)(H,26,30). The summed E-state index contributed by atoms with van der Waals surface area (Å²) in [5.41, 5.74) is 2.21. The second kappa shape index (κ2) is 9.18. The van der Waals surface area contributed by atoms with E-state index in [4.69, 9.17) is 4.42 Å². The van der Waals surface area contributed by atoms with Gasteiger partial charge in [-0.2, -0.15) is 0 Å². The van der Waals surface area contributed by atoms with E-state index in [1.165, 1.54) is 6.26 Å². The zero-order valence-corrected chi connectivity index (χ0v) is 18.1. The number of nitrogens with one attached hydrogen (secondary N) is 2. The minimum Gasteiger partial charge on any atom is -0.459 e. The van der Waals surface area contributed by atoms with E-state index in [9.17, 15) is 14.4 Å². The van der Waals surface area contributed by atoms with Gasteiger partial charge in [-0.15, -0.1) is 0 Å². The fourth-order valence-corrected chi connectivity index (χ4v) is 3.86. The van der Waals surface area contributed by atoms with Gasteiger partial charge < -0.3 is 20.0 Å². The molecule has 31 heavy (non-hydrogen) atoms. The molecule has 1 unspecified atom stereocenters. The van der Waals surface area contributed by atoms with Crippen LogP contribution in [0.15, 0.2) is 75.8 Å². The van der Waals surface area contributed by atoms with Crippen LogP contribution in [0.25, 0.3) is 0 Å². The lowest BCUT2D eigenvalue weighted by molar-refractivity contribution is -0.126. The molecule has 1 saturated heterocycles. The summed E-state index contributed by atoms with van der Waals surface area (Å²) >= 11 is 3.41. The monoisotopic (exact) mass is 481 g/mol. The van der Waals surface area contributed by atoms with E-state index in [0.29, 0.717) is 18.8 Å². The van der Waals surface area contributed by atoms with Crippen molar-refractivity contribution < 1.29 is 18.8 Å². The number of nitrogens with zero attached hydrogens (tertiary/aromatic N) is 1. The van der Waals surface area contributed by atoms with Crippen LogP contribution in [0.1, 0.15) is 22.5 Å². The van der Waals surface area contributed by atoms with Crippen LogP contribution in [0.4, 0.5) is 11.4 Å². The summed E-state index contributed by atoms with van der Waals surface area (Å²) < 4.78 is 5.97. The van der Waals surface area contributed by atoms with Crippen molar-refractivity contribution in [2.75, 3.05) is 16.8 Å². The normalized spacial score (nSPS) is 15.7. The average Bonchev–Trinajstić information content (AvgIpc) is 3.42. The molecule has 1 atom stereocenters. The Morgan fingerprint density at radius 3 is 2.71 bits per heavy atom. The minimum absolute atomic E-state index is 0.0686. The molecule has 1 aromatic heterocycles. The van der Waals surface area contributed by atoms with Crippen LogP contribution in [-0.2, 0) is 16.1 Å². The molecule has 0 spiro atoms. The molecule has 7 nitrogen and oxygen atoms in total. The first kappa shape index (κ1) is 20.9. The van der Waals surface area contributed by atoms with Crippen LogP contribution >= 0.6 is 15.9 Å². The van der Waals surface area contributed by atoms with Gasteiger partial charge in [-0.3, -0.25) is 14.4 Å². The van der Waals surface area contributed by atoms with Gasteiger partial charge >= 0.3 is 0 Å². The molecule has 0 aliphatic carbocycles. The summed E-state index contributed by atoms with van der Waals surface area (Å²) in [6.45, 7) is 0.644. The molecule has 1 aliphatic rings. The summed E-state index contributed by atoms with van der Waals surface area (Å²) in [5, 5.41) is 5.66. The molecule has 2 heterocycles. The van der Waals surface area contributed by atoms with Crippen LogP contribution in [0, 0.1) is 5.92 Å². The summed E-state index contributed by atoms with van der Waals surface area (Å²) in [5.74, 6) is -0.770. The maximum Gasteiger partial charge on any atom is 0.291 e.